The Labute approximate surface area is 151 Å². The number of benzene rings is 1. The first kappa shape index (κ1) is 19.8. The summed E-state index contributed by atoms with van der Waals surface area (Å²) in [6.45, 7) is 3.78. The number of aliphatic hydroxyl groups excluding tert-OH is 2. The number of aliphatic hydroxyl groups is 2. The lowest BCUT2D eigenvalue weighted by atomic mass is 9.99. The summed E-state index contributed by atoms with van der Waals surface area (Å²) in [4.78, 5) is 15.1. The second-order valence-corrected chi connectivity index (χ2v) is 6.26. The van der Waals surface area contributed by atoms with Crippen LogP contribution in [0.1, 0.15) is 29.7 Å². The Hall–Kier alpha value is -2.57. The van der Waals surface area contributed by atoms with E-state index in [9.17, 15) is 19.4 Å². The van der Waals surface area contributed by atoms with Gasteiger partial charge in [0.15, 0.2) is 0 Å². The van der Waals surface area contributed by atoms with Gasteiger partial charge in [0.05, 0.1) is 24.3 Å². The number of rotatable bonds is 7. The van der Waals surface area contributed by atoms with Crippen molar-refractivity contribution in [2.75, 3.05) is 0 Å². The predicted molar refractivity (Wildman–Crippen MR) is 97.0 cm³/mol. The van der Waals surface area contributed by atoms with Crippen LogP contribution in [0.15, 0.2) is 36.4 Å². The van der Waals surface area contributed by atoms with Crippen molar-refractivity contribution in [3.05, 3.63) is 59.0 Å². The van der Waals surface area contributed by atoms with Crippen LogP contribution in [-0.4, -0.2) is 38.5 Å². The monoisotopic (exact) mass is 359 g/mol. The van der Waals surface area contributed by atoms with E-state index in [0.29, 0.717) is 5.69 Å². The van der Waals surface area contributed by atoms with Gasteiger partial charge in [-0.2, -0.15) is 0 Å². The van der Waals surface area contributed by atoms with E-state index in [1.165, 1.54) is 18.2 Å². The molecule has 3 N–H and O–H groups in total. The first-order valence-electron chi connectivity index (χ1n) is 8.26. The van der Waals surface area contributed by atoms with Crippen LogP contribution in [0.3, 0.4) is 0 Å². The highest BCUT2D eigenvalue weighted by Gasteiger charge is 2.14. The number of hydrogen-bond donors (Lipinski definition) is 3. The van der Waals surface area contributed by atoms with Gasteiger partial charge in [-0.25, -0.2) is 4.39 Å². The van der Waals surface area contributed by atoms with Crippen molar-refractivity contribution in [3.8, 4) is 11.3 Å². The van der Waals surface area contributed by atoms with Crippen molar-refractivity contribution in [1.82, 2.24) is 4.98 Å². The molecule has 1 aromatic carbocycles. The van der Waals surface area contributed by atoms with E-state index < -0.39 is 24.6 Å². The van der Waals surface area contributed by atoms with Crippen LogP contribution in [-0.2, 0) is 4.79 Å². The van der Waals surface area contributed by atoms with E-state index in [0.717, 1.165) is 22.4 Å². The Kier molecular flexibility index (Phi) is 6.60. The average Bonchev–Trinajstić information content (AvgIpc) is 2.53. The summed E-state index contributed by atoms with van der Waals surface area (Å²) in [5, 5.41) is 28.3. The molecule has 138 valence electrons. The number of carboxylic acid groups (broad SMARTS) is 1. The van der Waals surface area contributed by atoms with Crippen LogP contribution in [0.25, 0.3) is 17.3 Å². The first-order valence-corrected chi connectivity index (χ1v) is 8.26. The zero-order chi connectivity index (χ0) is 19.3. The van der Waals surface area contributed by atoms with Crippen LogP contribution in [0, 0.1) is 19.7 Å². The summed E-state index contributed by atoms with van der Waals surface area (Å²) in [5.74, 6) is -1.45. The second-order valence-electron chi connectivity index (χ2n) is 6.26. The molecule has 5 nitrogen and oxygen atoms in total. The van der Waals surface area contributed by atoms with E-state index in [2.05, 4.69) is 4.98 Å². The van der Waals surface area contributed by atoms with Gasteiger partial charge >= 0.3 is 5.97 Å². The molecule has 1 heterocycles. The maximum Gasteiger partial charge on any atom is 0.305 e. The van der Waals surface area contributed by atoms with Crippen molar-refractivity contribution in [3.63, 3.8) is 0 Å². The fourth-order valence-electron chi connectivity index (χ4n) is 2.73. The zero-order valence-corrected chi connectivity index (χ0v) is 14.7. The molecule has 2 aromatic rings. The first-order chi connectivity index (χ1) is 12.3. The van der Waals surface area contributed by atoms with Gasteiger partial charge < -0.3 is 15.3 Å². The van der Waals surface area contributed by atoms with Gasteiger partial charge in [0.25, 0.3) is 0 Å². The number of hydrogen-bond acceptors (Lipinski definition) is 4. The molecule has 0 radical (unpaired) electrons. The molecule has 0 spiro atoms. The SMILES string of the molecule is Cc1cc(C)c(/C=C/[C@H](O)C[C@H](O)CC(=O)O)c(-c2ccc(F)cc2)n1. The molecule has 0 aliphatic heterocycles. The molecule has 2 atom stereocenters. The van der Waals surface area contributed by atoms with E-state index in [4.69, 9.17) is 5.11 Å². The molecule has 0 saturated carbocycles. The highest BCUT2D eigenvalue weighted by Crippen LogP contribution is 2.27. The summed E-state index contributed by atoms with van der Waals surface area (Å²) in [5.41, 5.74) is 3.94. The zero-order valence-electron chi connectivity index (χ0n) is 14.7. The molecule has 0 aliphatic carbocycles. The summed E-state index contributed by atoms with van der Waals surface area (Å²) >= 11 is 0. The number of aromatic nitrogens is 1. The minimum absolute atomic E-state index is 0.0764. The molecule has 1 aromatic heterocycles. The normalized spacial score (nSPS) is 13.7. The quantitative estimate of drug-likeness (QED) is 0.707. The van der Waals surface area contributed by atoms with Crippen LogP contribution in [0.4, 0.5) is 4.39 Å². The fourth-order valence-corrected chi connectivity index (χ4v) is 2.73. The lowest BCUT2D eigenvalue weighted by molar-refractivity contribution is -0.139. The summed E-state index contributed by atoms with van der Waals surface area (Å²) in [6, 6.07) is 7.90. The Bertz CT molecular complexity index is 802. The smallest absolute Gasteiger partial charge is 0.305 e. The number of pyridine rings is 1. The van der Waals surface area contributed by atoms with Crippen molar-refractivity contribution in [1.29, 1.82) is 0 Å². The third kappa shape index (κ3) is 5.47. The lowest BCUT2D eigenvalue weighted by Crippen LogP contribution is -2.19. The summed E-state index contributed by atoms with van der Waals surface area (Å²) in [6.07, 6.45) is 0.576. The third-order valence-corrected chi connectivity index (χ3v) is 3.92. The van der Waals surface area contributed by atoms with Crippen LogP contribution in [0.2, 0.25) is 0 Å². The van der Waals surface area contributed by atoms with Crippen molar-refractivity contribution < 1.29 is 24.5 Å². The Morgan fingerprint density at radius 1 is 1.23 bits per heavy atom. The van der Waals surface area contributed by atoms with Gasteiger partial charge in [-0.15, -0.1) is 0 Å². The van der Waals surface area contributed by atoms with Gasteiger partial charge in [0.1, 0.15) is 5.82 Å². The number of aryl methyl sites for hydroxylation is 2. The average molecular weight is 359 g/mol. The molecule has 26 heavy (non-hydrogen) atoms. The Balaban J connectivity index is 2.28. The maximum absolute atomic E-state index is 13.2. The lowest BCUT2D eigenvalue weighted by Gasteiger charge is -2.13. The third-order valence-electron chi connectivity index (χ3n) is 3.92. The van der Waals surface area contributed by atoms with E-state index >= 15 is 0 Å². The van der Waals surface area contributed by atoms with Crippen LogP contribution in [0.5, 0.6) is 0 Å². The molecule has 0 aliphatic rings. The van der Waals surface area contributed by atoms with Crippen molar-refractivity contribution in [2.24, 2.45) is 0 Å². The molecule has 0 unspecified atom stereocenters. The van der Waals surface area contributed by atoms with Gasteiger partial charge in [-0.1, -0.05) is 12.2 Å². The van der Waals surface area contributed by atoms with E-state index in [1.807, 2.05) is 19.9 Å². The standard InChI is InChI=1S/C20H22FNO4/c1-12-9-13(2)22-20(14-3-5-15(21)6-4-14)18(12)8-7-16(23)10-17(24)11-19(25)26/h3-9,16-17,23-24H,10-11H2,1-2H3,(H,25,26)/b8-7+/t16-,17-/m0/s1. The largest absolute Gasteiger partial charge is 0.481 e. The number of carboxylic acids is 1. The molecule has 0 bridgehead atoms. The topological polar surface area (TPSA) is 90.7 Å². The summed E-state index contributed by atoms with van der Waals surface area (Å²) in [7, 11) is 0. The number of nitrogens with zero attached hydrogens (tertiary/aromatic N) is 1. The summed E-state index contributed by atoms with van der Waals surface area (Å²) < 4.78 is 13.2. The number of carbonyl (C=O) groups is 1. The van der Waals surface area contributed by atoms with E-state index in [1.54, 1.807) is 18.2 Å². The molecule has 0 amide bonds. The van der Waals surface area contributed by atoms with Crippen molar-refractivity contribution in [2.45, 2.75) is 38.9 Å². The van der Waals surface area contributed by atoms with Crippen LogP contribution < -0.4 is 0 Å². The predicted octanol–water partition coefficient (Wildman–Crippen LogP) is 3.10. The molecule has 6 heteroatoms. The van der Waals surface area contributed by atoms with Gasteiger partial charge in [0, 0.05) is 23.2 Å². The molecule has 0 saturated heterocycles. The fraction of sp³-hybridized carbons (Fsp3) is 0.300. The minimum atomic E-state index is -1.12. The molecular formula is C20H22FNO4. The van der Waals surface area contributed by atoms with Crippen molar-refractivity contribution >= 4 is 12.0 Å². The highest BCUT2D eigenvalue weighted by atomic mass is 19.1. The molecule has 0 fully saturated rings. The number of halogens is 1. The number of aliphatic carboxylic acids is 1. The highest BCUT2D eigenvalue weighted by molar-refractivity contribution is 5.74. The Morgan fingerprint density at radius 3 is 2.50 bits per heavy atom. The molecular weight excluding hydrogens is 337 g/mol. The Morgan fingerprint density at radius 2 is 1.88 bits per heavy atom. The van der Waals surface area contributed by atoms with Gasteiger partial charge in [-0.3, -0.25) is 9.78 Å². The van der Waals surface area contributed by atoms with Crippen LogP contribution >= 0.6 is 0 Å². The van der Waals surface area contributed by atoms with E-state index in [-0.39, 0.29) is 12.2 Å². The van der Waals surface area contributed by atoms with Gasteiger partial charge in [-0.05, 0) is 49.7 Å². The second kappa shape index (κ2) is 8.69. The minimum Gasteiger partial charge on any atom is -0.481 e. The maximum atomic E-state index is 13.2. The van der Waals surface area contributed by atoms with Gasteiger partial charge in [0.2, 0.25) is 0 Å². The molecule has 2 rings (SSSR count).